The lowest BCUT2D eigenvalue weighted by Gasteiger charge is -2.24. The Morgan fingerprint density at radius 2 is 1.57 bits per heavy atom. The molecule has 0 atom stereocenters. The van der Waals surface area contributed by atoms with Crippen molar-refractivity contribution < 1.29 is 22.7 Å². The van der Waals surface area contributed by atoms with E-state index in [0.29, 0.717) is 35.2 Å². The molecule has 0 aliphatic heterocycles. The zero-order chi connectivity index (χ0) is 24.9. The molecule has 8 nitrogen and oxygen atoms in total. The predicted octanol–water partition coefficient (Wildman–Crippen LogP) is 4.19. The van der Waals surface area contributed by atoms with Crippen molar-refractivity contribution in [1.29, 1.82) is 0 Å². The normalized spacial score (nSPS) is 11.4. The number of aromatic nitrogens is 1. The van der Waals surface area contributed by atoms with Crippen LogP contribution in [0.1, 0.15) is 19.4 Å². The van der Waals surface area contributed by atoms with Gasteiger partial charge in [0.2, 0.25) is 5.91 Å². The SMILES string of the molecule is CCN(CC)CCN(C(=O)CS(=O)(=O)c1ccc(C)cc1)c1nc2c(OC)ccc(OC)c2s1.Cl. The van der Waals surface area contributed by atoms with Gasteiger partial charge in [-0.05, 0) is 44.3 Å². The lowest BCUT2D eigenvalue weighted by atomic mass is 10.2. The number of hydrogen-bond donors (Lipinski definition) is 0. The number of fused-ring (bicyclic) bond motifs is 1. The summed E-state index contributed by atoms with van der Waals surface area (Å²) in [5.41, 5.74) is 1.52. The molecule has 0 aliphatic carbocycles. The topological polar surface area (TPSA) is 89.0 Å². The number of likely N-dealkylation sites (N-methyl/N-ethyl adjacent to an activating group) is 1. The Kier molecular flexibility index (Phi) is 10.3. The number of ether oxygens (including phenoxy) is 2. The zero-order valence-electron chi connectivity index (χ0n) is 20.6. The quantitative estimate of drug-likeness (QED) is 0.359. The molecule has 3 rings (SSSR count). The van der Waals surface area contributed by atoms with Crippen LogP contribution in [0.3, 0.4) is 0 Å². The number of amides is 1. The number of methoxy groups -OCH3 is 2. The second-order valence-electron chi connectivity index (χ2n) is 7.79. The zero-order valence-corrected chi connectivity index (χ0v) is 23.1. The first kappa shape index (κ1) is 28.8. The highest BCUT2D eigenvalue weighted by atomic mass is 35.5. The summed E-state index contributed by atoms with van der Waals surface area (Å²) in [5.74, 6) is 0.00723. The highest BCUT2D eigenvalue weighted by Gasteiger charge is 2.28. The number of rotatable bonds is 11. The molecule has 35 heavy (non-hydrogen) atoms. The Labute approximate surface area is 217 Å². The molecule has 0 spiro atoms. The van der Waals surface area contributed by atoms with Crippen molar-refractivity contribution in [2.24, 2.45) is 0 Å². The van der Waals surface area contributed by atoms with Gasteiger partial charge in [0, 0.05) is 13.1 Å². The number of aryl methyl sites for hydroxylation is 1. The second kappa shape index (κ2) is 12.5. The third kappa shape index (κ3) is 6.63. The van der Waals surface area contributed by atoms with Gasteiger partial charge >= 0.3 is 0 Å². The highest BCUT2D eigenvalue weighted by molar-refractivity contribution is 7.92. The Hall–Kier alpha value is -2.40. The number of carbonyl (C=O) groups excluding carboxylic acids is 1. The van der Waals surface area contributed by atoms with Crippen molar-refractivity contribution >= 4 is 54.8 Å². The summed E-state index contributed by atoms with van der Waals surface area (Å²) in [6.45, 7) is 8.52. The van der Waals surface area contributed by atoms with Crippen molar-refractivity contribution in [3.63, 3.8) is 0 Å². The molecule has 2 aromatic carbocycles. The molecular formula is C24H32ClN3O5S2. The average molecular weight is 542 g/mol. The van der Waals surface area contributed by atoms with E-state index < -0.39 is 21.5 Å². The number of thiazole rings is 1. The molecule has 0 saturated carbocycles. The van der Waals surface area contributed by atoms with Gasteiger partial charge in [0.25, 0.3) is 0 Å². The first-order valence-corrected chi connectivity index (χ1v) is 13.5. The first-order chi connectivity index (χ1) is 16.2. The number of anilines is 1. The summed E-state index contributed by atoms with van der Waals surface area (Å²) in [4.78, 5) is 21.8. The van der Waals surface area contributed by atoms with Gasteiger partial charge in [-0.3, -0.25) is 9.69 Å². The van der Waals surface area contributed by atoms with Crippen LogP contribution >= 0.6 is 23.7 Å². The van der Waals surface area contributed by atoms with Gasteiger partial charge in [-0.1, -0.05) is 42.9 Å². The monoisotopic (exact) mass is 541 g/mol. The fourth-order valence-electron chi connectivity index (χ4n) is 3.57. The van der Waals surface area contributed by atoms with Crippen LogP contribution < -0.4 is 14.4 Å². The van der Waals surface area contributed by atoms with E-state index in [1.807, 2.05) is 20.8 Å². The summed E-state index contributed by atoms with van der Waals surface area (Å²) in [6.07, 6.45) is 0. The van der Waals surface area contributed by atoms with Gasteiger partial charge in [-0.15, -0.1) is 12.4 Å². The fraction of sp³-hybridized carbons (Fsp3) is 0.417. The molecular weight excluding hydrogens is 510 g/mol. The van der Waals surface area contributed by atoms with Crippen molar-refractivity contribution in [3.8, 4) is 11.5 Å². The standard InChI is InChI=1S/C24H31N3O5S2.ClH/c1-6-26(7-2)14-15-27(21(28)16-34(29,30)18-10-8-17(3)9-11-18)24-25-22-19(31-4)12-13-20(32-5)23(22)33-24;/h8-13H,6-7,14-16H2,1-5H3;1H. The van der Waals surface area contributed by atoms with E-state index in [9.17, 15) is 13.2 Å². The van der Waals surface area contributed by atoms with E-state index in [4.69, 9.17) is 9.47 Å². The van der Waals surface area contributed by atoms with E-state index in [-0.39, 0.29) is 17.3 Å². The Morgan fingerprint density at radius 3 is 2.14 bits per heavy atom. The van der Waals surface area contributed by atoms with Crippen molar-refractivity contribution in [2.75, 3.05) is 51.1 Å². The summed E-state index contributed by atoms with van der Waals surface area (Å²) in [6, 6.07) is 10.1. The molecule has 192 valence electrons. The van der Waals surface area contributed by atoms with E-state index in [1.165, 1.54) is 28.4 Å². The van der Waals surface area contributed by atoms with Crippen LogP contribution in [0.15, 0.2) is 41.3 Å². The Morgan fingerprint density at radius 1 is 0.971 bits per heavy atom. The van der Waals surface area contributed by atoms with E-state index >= 15 is 0 Å². The summed E-state index contributed by atoms with van der Waals surface area (Å²) in [5, 5.41) is 0.411. The fourth-order valence-corrected chi connectivity index (χ4v) is 5.88. The number of halogens is 1. The van der Waals surface area contributed by atoms with Gasteiger partial charge in [-0.2, -0.15) is 0 Å². The number of sulfone groups is 1. The van der Waals surface area contributed by atoms with Crippen LogP contribution in [0.2, 0.25) is 0 Å². The predicted molar refractivity (Wildman–Crippen MR) is 143 cm³/mol. The maximum Gasteiger partial charge on any atom is 0.244 e. The number of benzene rings is 2. The molecule has 0 fully saturated rings. The van der Waals surface area contributed by atoms with Crippen molar-refractivity contribution in [3.05, 3.63) is 42.0 Å². The Balaban J connectivity index is 0.00000432. The minimum absolute atomic E-state index is 0. The second-order valence-corrected chi connectivity index (χ2v) is 10.8. The van der Waals surface area contributed by atoms with Gasteiger partial charge in [0.15, 0.2) is 15.0 Å². The van der Waals surface area contributed by atoms with Gasteiger partial charge in [-0.25, -0.2) is 13.4 Å². The summed E-state index contributed by atoms with van der Waals surface area (Å²) < 4.78 is 37.6. The minimum atomic E-state index is -3.81. The van der Waals surface area contributed by atoms with Gasteiger partial charge in [0.1, 0.15) is 27.5 Å². The first-order valence-electron chi connectivity index (χ1n) is 11.1. The molecule has 0 bridgehead atoms. The molecule has 3 aromatic rings. The summed E-state index contributed by atoms with van der Waals surface area (Å²) in [7, 11) is -0.691. The van der Waals surface area contributed by atoms with Crippen LogP contribution in [-0.4, -0.2) is 70.4 Å². The smallest absolute Gasteiger partial charge is 0.244 e. The molecule has 0 radical (unpaired) electrons. The highest BCUT2D eigenvalue weighted by Crippen LogP contribution is 2.40. The van der Waals surface area contributed by atoms with Crippen LogP contribution in [0.25, 0.3) is 10.2 Å². The third-order valence-electron chi connectivity index (χ3n) is 5.66. The molecule has 0 unspecified atom stereocenters. The van der Waals surface area contributed by atoms with Crippen LogP contribution in [0, 0.1) is 6.92 Å². The average Bonchev–Trinajstić information content (AvgIpc) is 3.26. The molecule has 0 saturated heterocycles. The largest absolute Gasteiger partial charge is 0.495 e. The lowest BCUT2D eigenvalue weighted by molar-refractivity contribution is -0.116. The van der Waals surface area contributed by atoms with Crippen molar-refractivity contribution in [1.82, 2.24) is 9.88 Å². The summed E-state index contributed by atoms with van der Waals surface area (Å²) >= 11 is 1.28. The van der Waals surface area contributed by atoms with Crippen LogP contribution in [0.4, 0.5) is 5.13 Å². The lowest BCUT2D eigenvalue weighted by Crippen LogP contribution is -2.41. The van der Waals surface area contributed by atoms with E-state index in [1.54, 1.807) is 38.5 Å². The Bertz CT molecular complexity index is 1200. The number of nitrogens with zero attached hydrogens (tertiary/aromatic N) is 3. The van der Waals surface area contributed by atoms with Gasteiger partial charge in [0.05, 0.1) is 19.1 Å². The maximum absolute atomic E-state index is 13.4. The number of hydrogen-bond acceptors (Lipinski definition) is 8. The van der Waals surface area contributed by atoms with Gasteiger partial charge < -0.3 is 14.4 Å². The van der Waals surface area contributed by atoms with E-state index in [0.717, 1.165) is 23.4 Å². The third-order valence-corrected chi connectivity index (χ3v) is 8.37. The van der Waals surface area contributed by atoms with Crippen LogP contribution in [0.5, 0.6) is 11.5 Å². The molecule has 0 N–H and O–H groups in total. The molecule has 11 heteroatoms. The van der Waals surface area contributed by atoms with Crippen molar-refractivity contribution in [2.45, 2.75) is 25.7 Å². The molecule has 1 heterocycles. The van der Waals surface area contributed by atoms with E-state index in [2.05, 4.69) is 9.88 Å². The maximum atomic E-state index is 13.4. The molecule has 1 aromatic heterocycles. The van der Waals surface area contributed by atoms with Crippen LogP contribution in [-0.2, 0) is 14.6 Å². The molecule has 0 aliphatic rings. The molecule has 1 amide bonds. The number of carbonyl (C=O) groups is 1. The minimum Gasteiger partial charge on any atom is -0.495 e.